The third-order valence-corrected chi connectivity index (χ3v) is 2.45. The minimum Gasteiger partial charge on any atom is -0.338 e. The van der Waals surface area contributed by atoms with Crippen LogP contribution in [0.1, 0.15) is 39.5 Å². The molecule has 0 bridgehead atoms. The average Bonchev–Trinajstić information content (AvgIpc) is 2.51. The van der Waals surface area contributed by atoms with Crippen LogP contribution in [-0.2, 0) is 14.4 Å². The topological polar surface area (TPSA) is 46.6 Å². The van der Waals surface area contributed by atoms with E-state index >= 15 is 0 Å². The Hall–Kier alpha value is -1.06. The summed E-state index contributed by atoms with van der Waals surface area (Å²) in [6, 6.07) is 0. The van der Waals surface area contributed by atoms with Crippen LogP contribution in [0.15, 0.2) is 0 Å². The number of hydroxylamine groups is 2. The maximum atomic E-state index is 11.3. The molecule has 1 unspecified atom stereocenters. The van der Waals surface area contributed by atoms with E-state index in [1.165, 1.54) is 5.06 Å². The number of hydrogen-bond donors (Lipinski definition) is 0. The van der Waals surface area contributed by atoms with Gasteiger partial charge in [-0.25, -0.2) is 4.79 Å². The summed E-state index contributed by atoms with van der Waals surface area (Å²) in [5.74, 6) is -0.0580. The average molecular weight is 199 g/mol. The van der Waals surface area contributed by atoms with Crippen molar-refractivity contribution in [3.05, 3.63) is 0 Å². The molecule has 0 aromatic heterocycles. The van der Waals surface area contributed by atoms with Gasteiger partial charge in [-0.3, -0.25) is 4.79 Å². The lowest BCUT2D eigenvalue weighted by atomic mass is 10.1. The summed E-state index contributed by atoms with van der Waals surface area (Å²) in [5, 5.41) is 1.19. The van der Waals surface area contributed by atoms with Gasteiger partial charge in [0.25, 0.3) is 5.91 Å². The second-order valence-corrected chi connectivity index (χ2v) is 3.78. The Morgan fingerprint density at radius 3 is 2.86 bits per heavy atom. The van der Waals surface area contributed by atoms with Gasteiger partial charge in [-0.2, -0.15) is 5.06 Å². The van der Waals surface area contributed by atoms with Gasteiger partial charge in [0.15, 0.2) is 0 Å². The van der Waals surface area contributed by atoms with Crippen LogP contribution in [0.25, 0.3) is 0 Å². The molecule has 1 fully saturated rings. The molecule has 14 heavy (non-hydrogen) atoms. The summed E-state index contributed by atoms with van der Waals surface area (Å²) in [7, 11) is 0. The molecule has 80 valence electrons. The molecule has 0 aromatic carbocycles. The van der Waals surface area contributed by atoms with Gasteiger partial charge in [-0.15, -0.1) is 0 Å². The van der Waals surface area contributed by atoms with E-state index in [0.717, 1.165) is 12.8 Å². The summed E-state index contributed by atoms with van der Waals surface area (Å²) in [6.45, 7) is 4.57. The normalized spacial score (nSPS) is 18.4. The predicted molar refractivity (Wildman–Crippen MR) is 51.1 cm³/mol. The van der Waals surface area contributed by atoms with Crippen molar-refractivity contribution in [2.75, 3.05) is 6.54 Å². The van der Waals surface area contributed by atoms with Crippen molar-refractivity contribution in [2.24, 2.45) is 5.92 Å². The standard InChI is InChI=1S/C10H17NO3/c1-3-8(2)7-10(13)14-11-6-4-5-9(11)12/h8H,3-7H2,1-2H3. The lowest BCUT2D eigenvalue weighted by Gasteiger charge is -2.15. The van der Waals surface area contributed by atoms with Crippen LogP contribution in [0.4, 0.5) is 0 Å². The Labute approximate surface area is 84.2 Å². The second kappa shape index (κ2) is 4.98. The molecule has 4 heteroatoms. The minimum atomic E-state index is -0.297. The predicted octanol–water partition coefficient (Wildman–Crippen LogP) is 1.50. The summed E-state index contributed by atoms with van der Waals surface area (Å²) in [6.07, 6.45) is 2.62. The van der Waals surface area contributed by atoms with Crippen LogP contribution in [-0.4, -0.2) is 23.5 Å². The Kier molecular flexibility index (Phi) is 3.92. The van der Waals surface area contributed by atoms with Crippen LogP contribution in [0.2, 0.25) is 0 Å². The van der Waals surface area contributed by atoms with Crippen LogP contribution >= 0.6 is 0 Å². The first-order valence-corrected chi connectivity index (χ1v) is 5.14. The molecule has 0 aromatic rings. The molecule has 1 aliphatic heterocycles. The molecule has 0 spiro atoms. The Morgan fingerprint density at radius 1 is 1.64 bits per heavy atom. The fraction of sp³-hybridized carbons (Fsp3) is 0.800. The summed E-state index contributed by atoms with van der Waals surface area (Å²) >= 11 is 0. The first kappa shape index (κ1) is 11.0. The van der Waals surface area contributed by atoms with Crippen LogP contribution in [0, 0.1) is 5.92 Å². The van der Waals surface area contributed by atoms with E-state index in [9.17, 15) is 9.59 Å². The zero-order valence-corrected chi connectivity index (χ0v) is 8.78. The highest BCUT2D eigenvalue weighted by Crippen LogP contribution is 2.13. The van der Waals surface area contributed by atoms with Crippen LogP contribution in [0.3, 0.4) is 0 Å². The third-order valence-electron chi connectivity index (χ3n) is 2.45. The Morgan fingerprint density at radius 2 is 2.36 bits per heavy atom. The van der Waals surface area contributed by atoms with E-state index in [0.29, 0.717) is 25.3 Å². The number of rotatable bonds is 4. The highest BCUT2D eigenvalue weighted by molar-refractivity contribution is 5.79. The summed E-state index contributed by atoms with van der Waals surface area (Å²) in [5.41, 5.74) is 0. The molecule has 1 atom stereocenters. The van der Waals surface area contributed by atoms with Gasteiger partial charge in [0.2, 0.25) is 0 Å². The fourth-order valence-corrected chi connectivity index (χ4v) is 1.31. The quantitative estimate of drug-likeness (QED) is 0.689. The van der Waals surface area contributed by atoms with Gasteiger partial charge in [0, 0.05) is 6.42 Å². The molecule has 0 radical (unpaired) electrons. The molecule has 0 saturated carbocycles. The molecular formula is C10H17NO3. The third kappa shape index (κ3) is 3.01. The van der Waals surface area contributed by atoms with E-state index in [-0.39, 0.29) is 11.9 Å². The van der Waals surface area contributed by atoms with E-state index in [2.05, 4.69) is 0 Å². The zero-order chi connectivity index (χ0) is 10.6. The van der Waals surface area contributed by atoms with E-state index < -0.39 is 0 Å². The molecule has 1 aliphatic rings. The van der Waals surface area contributed by atoms with Crippen molar-refractivity contribution >= 4 is 11.9 Å². The van der Waals surface area contributed by atoms with Crippen LogP contribution in [0.5, 0.6) is 0 Å². The van der Waals surface area contributed by atoms with Gasteiger partial charge in [-0.1, -0.05) is 20.3 Å². The molecule has 0 N–H and O–H groups in total. The van der Waals surface area contributed by atoms with Crippen molar-refractivity contribution < 1.29 is 14.4 Å². The summed E-state index contributed by atoms with van der Waals surface area (Å²) < 4.78 is 0. The second-order valence-electron chi connectivity index (χ2n) is 3.78. The van der Waals surface area contributed by atoms with Gasteiger partial charge in [0.1, 0.15) is 0 Å². The highest BCUT2D eigenvalue weighted by atomic mass is 16.7. The van der Waals surface area contributed by atoms with E-state index in [1.54, 1.807) is 0 Å². The lowest BCUT2D eigenvalue weighted by Crippen LogP contribution is -2.28. The molecule has 1 rings (SSSR count). The maximum absolute atomic E-state index is 11.3. The zero-order valence-electron chi connectivity index (χ0n) is 8.78. The number of hydrogen-bond acceptors (Lipinski definition) is 3. The van der Waals surface area contributed by atoms with Crippen molar-refractivity contribution in [1.82, 2.24) is 5.06 Å². The lowest BCUT2D eigenvalue weighted by molar-refractivity contribution is -0.193. The van der Waals surface area contributed by atoms with Crippen molar-refractivity contribution in [3.8, 4) is 0 Å². The summed E-state index contributed by atoms with van der Waals surface area (Å²) in [4.78, 5) is 27.4. The fourth-order valence-electron chi connectivity index (χ4n) is 1.31. The monoisotopic (exact) mass is 199 g/mol. The van der Waals surface area contributed by atoms with Gasteiger partial charge >= 0.3 is 5.97 Å². The van der Waals surface area contributed by atoms with Crippen molar-refractivity contribution in [2.45, 2.75) is 39.5 Å². The molecule has 1 saturated heterocycles. The largest absolute Gasteiger partial charge is 0.338 e. The molecule has 0 aliphatic carbocycles. The number of carbonyl (C=O) groups excluding carboxylic acids is 2. The number of amides is 1. The minimum absolute atomic E-state index is 0.0810. The van der Waals surface area contributed by atoms with Crippen molar-refractivity contribution in [3.63, 3.8) is 0 Å². The number of carbonyl (C=O) groups is 2. The van der Waals surface area contributed by atoms with Crippen molar-refractivity contribution in [1.29, 1.82) is 0 Å². The van der Waals surface area contributed by atoms with Gasteiger partial charge < -0.3 is 4.84 Å². The first-order chi connectivity index (χ1) is 6.63. The van der Waals surface area contributed by atoms with Crippen LogP contribution < -0.4 is 0 Å². The first-order valence-electron chi connectivity index (χ1n) is 5.14. The maximum Gasteiger partial charge on any atom is 0.332 e. The highest BCUT2D eigenvalue weighted by Gasteiger charge is 2.24. The van der Waals surface area contributed by atoms with Gasteiger partial charge in [0.05, 0.1) is 13.0 Å². The van der Waals surface area contributed by atoms with Gasteiger partial charge in [-0.05, 0) is 12.3 Å². The Balaban J connectivity index is 2.29. The number of nitrogens with zero attached hydrogens (tertiary/aromatic N) is 1. The smallest absolute Gasteiger partial charge is 0.332 e. The Bertz CT molecular complexity index is 227. The van der Waals surface area contributed by atoms with E-state index in [1.807, 2.05) is 13.8 Å². The molecule has 1 amide bonds. The molecular weight excluding hydrogens is 182 g/mol. The SMILES string of the molecule is CCC(C)CC(=O)ON1CCCC1=O. The van der Waals surface area contributed by atoms with E-state index in [4.69, 9.17) is 4.84 Å². The molecule has 4 nitrogen and oxygen atoms in total. The molecule has 1 heterocycles.